The van der Waals surface area contributed by atoms with Crippen LogP contribution in [0.2, 0.25) is 0 Å². The number of rotatable bonds is 6. The van der Waals surface area contributed by atoms with Gasteiger partial charge in [0.05, 0.1) is 12.6 Å². The molecule has 2 aliphatic rings. The van der Waals surface area contributed by atoms with Crippen LogP contribution in [0, 0.1) is 0 Å². The molecule has 146 valence electrons. The van der Waals surface area contributed by atoms with Gasteiger partial charge in [0.2, 0.25) is 0 Å². The summed E-state index contributed by atoms with van der Waals surface area (Å²) >= 11 is 1.68. The van der Waals surface area contributed by atoms with E-state index < -0.39 is 12.7 Å². The highest BCUT2D eigenvalue weighted by Crippen LogP contribution is 2.27. The number of hydrogen-bond donors (Lipinski definition) is 2. The first kappa shape index (κ1) is 19.4. The van der Waals surface area contributed by atoms with E-state index >= 15 is 0 Å². The molecule has 0 bridgehead atoms. The molecule has 2 aliphatic heterocycles. The third-order valence-electron chi connectivity index (χ3n) is 4.92. The summed E-state index contributed by atoms with van der Waals surface area (Å²) in [5, 5.41) is 7.76. The zero-order chi connectivity index (χ0) is 18.6. The second kappa shape index (κ2) is 8.58. The first-order valence-corrected chi connectivity index (χ1v) is 9.89. The SMILES string of the molecule is O=C(NCC(c1cccs1)N1CCCC1)NC1CCN(CC(F)(F)F)C1. The summed E-state index contributed by atoms with van der Waals surface area (Å²) in [6, 6.07) is 3.72. The minimum absolute atomic E-state index is 0.161. The van der Waals surface area contributed by atoms with Crippen LogP contribution in [0.25, 0.3) is 0 Å². The Labute approximate surface area is 155 Å². The number of urea groups is 1. The van der Waals surface area contributed by atoms with E-state index in [1.165, 1.54) is 22.6 Å². The van der Waals surface area contributed by atoms with Crippen molar-refractivity contribution in [2.24, 2.45) is 0 Å². The molecule has 2 saturated heterocycles. The number of carbonyl (C=O) groups is 1. The zero-order valence-electron chi connectivity index (χ0n) is 14.6. The predicted molar refractivity (Wildman–Crippen MR) is 95.3 cm³/mol. The second-order valence-electron chi connectivity index (χ2n) is 6.96. The Morgan fingerprint density at radius 3 is 2.73 bits per heavy atom. The van der Waals surface area contributed by atoms with Crippen LogP contribution in [0.15, 0.2) is 17.5 Å². The number of amides is 2. The number of alkyl halides is 3. The van der Waals surface area contributed by atoms with E-state index in [2.05, 4.69) is 21.6 Å². The van der Waals surface area contributed by atoms with E-state index in [-0.39, 0.29) is 24.7 Å². The van der Waals surface area contributed by atoms with Crippen LogP contribution in [0.4, 0.5) is 18.0 Å². The van der Waals surface area contributed by atoms with E-state index in [0.717, 1.165) is 13.1 Å². The van der Waals surface area contributed by atoms with Gasteiger partial charge in [-0.25, -0.2) is 4.79 Å². The summed E-state index contributed by atoms with van der Waals surface area (Å²) in [4.78, 5) is 17.1. The highest BCUT2D eigenvalue weighted by atomic mass is 32.1. The second-order valence-corrected chi connectivity index (χ2v) is 7.94. The van der Waals surface area contributed by atoms with Gasteiger partial charge in [-0.05, 0) is 43.8 Å². The van der Waals surface area contributed by atoms with Gasteiger partial charge in [-0.15, -0.1) is 11.3 Å². The lowest BCUT2D eigenvalue weighted by Crippen LogP contribution is -2.46. The van der Waals surface area contributed by atoms with Crippen molar-refractivity contribution in [1.82, 2.24) is 20.4 Å². The molecule has 2 fully saturated rings. The highest BCUT2D eigenvalue weighted by molar-refractivity contribution is 7.10. The molecule has 1 aromatic heterocycles. The van der Waals surface area contributed by atoms with Gasteiger partial charge >= 0.3 is 12.2 Å². The average Bonchev–Trinajstić information content (AvgIpc) is 3.29. The fourth-order valence-corrected chi connectivity index (χ4v) is 4.58. The average molecular weight is 390 g/mol. The van der Waals surface area contributed by atoms with Crippen molar-refractivity contribution < 1.29 is 18.0 Å². The molecule has 2 amide bonds. The molecule has 2 N–H and O–H groups in total. The summed E-state index contributed by atoms with van der Waals surface area (Å²) in [6.07, 6.45) is -1.30. The third kappa shape index (κ3) is 5.59. The Morgan fingerprint density at radius 1 is 1.31 bits per heavy atom. The van der Waals surface area contributed by atoms with Crippen molar-refractivity contribution in [3.63, 3.8) is 0 Å². The van der Waals surface area contributed by atoms with E-state index in [1.54, 1.807) is 11.3 Å². The van der Waals surface area contributed by atoms with Crippen LogP contribution in [-0.2, 0) is 0 Å². The number of carbonyl (C=O) groups excluding carboxylic acids is 1. The number of halogens is 3. The van der Waals surface area contributed by atoms with Gasteiger partial charge in [0, 0.05) is 30.6 Å². The Kier molecular flexibility index (Phi) is 6.42. The molecule has 3 rings (SSSR count). The van der Waals surface area contributed by atoms with Gasteiger partial charge in [-0.2, -0.15) is 13.2 Å². The highest BCUT2D eigenvalue weighted by Gasteiger charge is 2.34. The fraction of sp³-hybridized carbons (Fsp3) is 0.706. The normalized spacial score (nSPS) is 23.3. The lowest BCUT2D eigenvalue weighted by atomic mass is 10.2. The van der Waals surface area contributed by atoms with Gasteiger partial charge in [0.25, 0.3) is 0 Å². The van der Waals surface area contributed by atoms with Gasteiger partial charge in [-0.1, -0.05) is 6.07 Å². The number of nitrogens with one attached hydrogen (secondary N) is 2. The van der Waals surface area contributed by atoms with Crippen molar-refractivity contribution >= 4 is 17.4 Å². The van der Waals surface area contributed by atoms with Gasteiger partial charge < -0.3 is 10.6 Å². The monoisotopic (exact) mass is 390 g/mol. The molecule has 2 atom stereocenters. The molecule has 0 radical (unpaired) electrons. The van der Waals surface area contributed by atoms with E-state index in [9.17, 15) is 18.0 Å². The molecule has 5 nitrogen and oxygen atoms in total. The van der Waals surface area contributed by atoms with Crippen LogP contribution in [0.5, 0.6) is 0 Å². The van der Waals surface area contributed by atoms with Gasteiger partial charge in [0.1, 0.15) is 0 Å². The molecular weight excluding hydrogens is 365 g/mol. The Balaban J connectivity index is 1.45. The molecule has 0 aliphatic carbocycles. The van der Waals surface area contributed by atoms with Crippen molar-refractivity contribution in [2.75, 3.05) is 39.3 Å². The molecule has 0 aromatic carbocycles. The maximum atomic E-state index is 12.4. The Hall–Kier alpha value is -1.32. The Bertz CT molecular complexity index is 575. The predicted octanol–water partition coefficient (Wildman–Crippen LogP) is 2.82. The molecule has 0 saturated carbocycles. The lowest BCUT2D eigenvalue weighted by molar-refractivity contribution is -0.143. The maximum absolute atomic E-state index is 12.4. The molecule has 1 aromatic rings. The first-order chi connectivity index (χ1) is 12.4. The molecule has 0 spiro atoms. The summed E-state index contributed by atoms with van der Waals surface area (Å²) < 4.78 is 37.3. The number of hydrogen-bond acceptors (Lipinski definition) is 4. The third-order valence-corrected chi connectivity index (χ3v) is 5.89. The molecule has 2 unspecified atom stereocenters. The first-order valence-electron chi connectivity index (χ1n) is 9.01. The van der Waals surface area contributed by atoms with Crippen molar-refractivity contribution in [3.05, 3.63) is 22.4 Å². The molecule has 26 heavy (non-hydrogen) atoms. The van der Waals surface area contributed by atoms with Crippen LogP contribution in [0.3, 0.4) is 0 Å². The summed E-state index contributed by atoms with van der Waals surface area (Å²) in [6.45, 7) is 2.25. The fourth-order valence-electron chi connectivity index (χ4n) is 3.72. The minimum atomic E-state index is -4.19. The molecule has 9 heteroatoms. The quantitative estimate of drug-likeness (QED) is 0.785. The van der Waals surface area contributed by atoms with Gasteiger partial charge in [-0.3, -0.25) is 9.80 Å². The van der Waals surface area contributed by atoms with E-state index in [0.29, 0.717) is 19.5 Å². The Morgan fingerprint density at radius 2 is 2.08 bits per heavy atom. The van der Waals surface area contributed by atoms with E-state index in [1.807, 2.05) is 11.4 Å². The number of nitrogens with zero attached hydrogens (tertiary/aromatic N) is 2. The topological polar surface area (TPSA) is 47.6 Å². The van der Waals surface area contributed by atoms with Crippen LogP contribution in [-0.4, -0.2) is 67.3 Å². The van der Waals surface area contributed by atoms with Gasteiger partial charge in [0.15, 0.2) is 0 Å². The standard InChI is InChI=1S/C17H25F3N4OS/c18-17(19,20)12-23-8-5-13(11-23)22-16(25)21-10-14(15-4-3-9-26-15)24-6-1-2-7-24/h3-4,9,13-14H,1-2,5-8,10-12H2,(H2,21,22,25). The van der Waals surface area contributed by atoms with Crippen molar-refractivity contribution in [1.29, 1.82) is 0 Å². The van der Waals surface area contributed by atoms with Crippen molar-refractivity contribution in [3.8, 4) is 0 Å². The maximum Gasteiger partial charge on any atom is 0.401 e. The lowest BCUT2D eigenvalue weighted by Gasteiger charge is -2.27. The summed E-state index contributed by atoms with van der Waals surface area (Å²) in [5.41, 5.74) is 0. The smallest absolute Gasteiger partial charge is 0.336 e. The van der Waals surface area contributed by atoms with Crippen LogP contribution < -0.4 is 10.6 Å². The van der Waals surface area contributed by atoms with Crippen molar-refractivity contribution in [2.45, 2.75) is 37.5 Å². The van der Waals surface area contributed by atoms with E-state index in [4.69, 9.17) is 0 Å². The summed E-state index contributed by atoms with van der Waals surface area (Å²) in [7, 11) is 0. The zero-order valence-corrected chi connectivity index (χ0v) is 15.4. The molecular formula is C17H25F3N4OS. The molecule has 3 heterocycles. The summed E-state index contributed by atoms with van der Waals surface area (Å²) in [5.74, 6) is 0. The van der Waals surface area contributed by atoms with Crippen LogP contribution >= 0.6 is 11.3 Å². The minimum Gasteiger partial charge on any atom is -0.336 e. The number of thiophene rings is 1. The largest absolute Gasteiger partial charge is 0.401 e. The van der Waals surface area contributed by atoms with Crippen LogP contribution in [0.1, 0.15) is 30.2 Å². The number of likely N-dealkylation sites (tertiary alicyclic amines) is 2.